The van der Waals surface area contributed by atoms with Crippen molar-refractivity contribution >= 4 is 29.9 Å². The van der Waals surface area contributed by atoms with Crippen molar-refractivity contribution < 1.29 is 9.26 Å². The van der Waals surface area contributed by atoms with E-state index < -0.39 is 0 Å². The number of piperazine rings is 1. The first kappa shape index (κ1) is 26.5. The maximum atomic E-state index is 5.45. The second-order valence-corrected chi connectivity index (χ2v) is 7.67. The molecule has 1 fully saturated rings. The SMILES string of the molecule is CCOCCCN=C(NCCn1cnnc1CC)N1CCN(Cc2cc(C)on2)CC1.I. The Balaban J connectivity index is 0.00000363. The van der Waals surface area contributed by atoms with Crippen LogP contribution in [0.25, 0.3) is 0 Å². The number of aryl methyl sites for hydroxylation is 2. The number of ether oxygens (including phenoxy) is 1. The molecule has 1 aliphatic heterocycles. The Morgan fingerprint density at radius 3 is 2.75 bits per heavy atom. The van der Waals surface area contributed by atoms with Crippen LogP contribution in [0.5, 0.6) is 0 Å². The number of hydrogen-bond donors (Lipinski definition) is 1. The number of halogens is 1. The summed E-state index contributed by atoms with van der Waals surface area (Å²) >= 11 is 0. The summed E-state index contributed by atoms with van der Waals surface area (Å²) in [5, 5.41) is 15.8. The van der Waals surface area contributed by atoms with Gasteiger partial charge in [-0.15, -0.1) is 34.2 Å². The van der Waals surface area contributed by atoms with Crippen molar-refractivity contribution in [3.63, 3.8) is 0 Å². The fraction of sp³-hybridized carbons (Fsp3) is 0.714. The first-order chi connectivity index (χ1) is 15.2. The molecule has 1 saturated heterocycles. The van der Waals surface area contributed by atoms with Crippen LogP contribution in [0.1, 0.15) is 37.5 Å². The molecule has 3 rings (SSSR count). The molecule has 11 heteroatoms. The summed E-state index contributed by atoms with van der Waals surface area (Å²) in [5.41, 5.74) is 0.995. The summed E-state index contributed by atoms with van der Waals surface area (Å²) in [6, 6.07) is 2.01. The Morgan fingerprint density at radius 2 is 2.06 bits per heavy atom. The average molecular weight is 560 g/mol. The minimum absolute atomic E-state index is 0. The van der Waals surface area contributed by atoms with Crippen molar-refractivity contribution in [2.75, 3.05) is 52.5 Å². The van der Waals surface area contributed by atoms with E-state index in [1.807, 2.05) is 19.9 Å². The Hall–Kier alpha value is -1.73. The molecule has 0 unspecified atom stereocenters. The van der Waals surface area contributed by atoms with E-state index in [1.54, 1.807) is 6.33 Å². The van der Waals surface area contributed by atoms with Crippen molar-refractivity contribution in [1.82, 2.24) is 35.0 Å². The largest absolute Gasteiger partial charge is 0.382 e. The average Bonchev–Trinajstić information content (AvgIpc) is 3.41. The Kier molecular flexibility index (Phi) is 12.0. The number of nitrogens with zero attached hydrogens (tertiary/aromatic N) is 7. The van der Waals surface area contributed by atoms with Crippen LogP contribution in [-0.2, 0) is 24.2 Å². The molecular formula is C21H37IN8O2. The van der Waals surface area contributed by atoms with Gasteiger partial charge in [0.1, 0.15) is 17.9 Å². The van der Waals surface area contributed by atoms with Crippen LogP contribution in [-0.4, -0.2) is 88.2 Å². The molecule has 10 nitrogen and oxygen atoms in total. The van der Waals surface area contributed by atoms with Crippen LogP contribution in [0.15, 0.2) is 21.9 Å². The first-order valence-electron chi connectivity index (χ1n) is 11.3. The molecule has 0 amide bonds. The highest BCUT2D eigenvalue weighted by molar-refractivity contribution is 14.0. The Morgan fingerprint density at radius 1 is 1.25 bits per heavy atom. The molecule has 180 valence electrons. The van der Waals surface area contributed by atoms with Crippen LogP contribution < -0.4 is 5.32 Å². The van der Waals surface area contributed by atoms with Gasteiger partial charge in [-0.2, -0.15) is 0 Å². The quantitative estimate of drug-likeness (QED) is 0.193. The number of hydrogen-bond acceptors (Lipinski definition) is 7. The normalized spacial score (nSPS) is 15.1. The standard InChI is InChI=1S/C21H36N8O2.HI/c1-4-20-25-24-17-29(20)9-8-23-21(22-7-6-14-30-5-2)28-12-10-27(11-13-28)16-19-15-18(3)31-26-19;/h15,17H,4-14,16H2,1-3H3,(H,22,23);1H. The number of guanidine groups is 1. The third kappa shape index (κ3) is 8.32. The third-order valence-electron chi connectivity index (χ3n) is 5.29. The fourth-order valence-corrected chi connectivity index (χ4v) is 3.63. The predicted molar refractivity (Wildman–Crippen MR) is 134 cm³/mol. The molecule has 0 aromatic carbocycles. The monoisotopic (exact) mass is 560 g/mol. The van der Waals surface area contributed by atoms with Gasteiger partial charge in [0.2, 0.25) is 0 Å². The number of aliphatic imine (C=N–C) groups is 1. The maximum Gasteiger partial charge on any atom is 0.194 e. The first-order valence-corrected chi connectivity index (χ1v) is 11.3. The van der Waals surface area contributed by atoms with E-state index in [9.17, 15) is 0 Å². The molecule has 0 saturated carbocycles. The third-order valence-corrected chi connectivity index (χ3v) is 5.29. The van der Waals surface area contributed by atoms with E-state index in [-0.39, 0.29) is 24.0 Å². The predicted octanol–water partition coefficient (Wildman–Crippen LogP) is 1.94. The summed E-state index contributed by atoms with van der Waals surface area (Å²) in [6.45, 7) is 14.5. The van der Waals surface area contributed by atoms with Crippen molar-refractivity contribution in [3.8, 4) is 0 Å². The molecule has 0 bridgehead atoms. The van der Waals surface area contributed by atoms with Gasteiger partial charge in [-0.1, -0.05) is 12.1 Å². The van der Waals surface area contributed by atoms with Gasteiger partial charge in [-0.25, -0.2) is 0 Å². The van der Waals surface area contributed by atoms with E-state index in [0.717, 1.165) is 102 Å². The van der Waals surface area contributed by atoms with E-state index in [4.69, 9.17) is 14.3 Å². The van der Waals surface area contributed by atoms with Crippen LogP contribution in [0, 0.1) is 6.92 Å². The summed E-state index contributed by atoms with van der Waals surface area (Å²) in [6.07, 6.45) is 3.60. The van der Waals surface area contributed by atoms with Gasteiger partial charge in [-0.05, 0) is 20.3 Å². The Labute approximate surface area is 207 Å². The van der Waals surface area contributed by atoms with E-state index >= 15 is 0 Å². The summed E-state index contributed by atoms with van der Waals surface area (Å²) in [5.74, 6) is 2.84. The van der Waals surface area contributed by atoms with Gasteiger partial charge >= 0.3 is 0 Å². The highest BCUT2D eigenvalue weighted by atomic mass is 127. The van der Waals surface area contributed by atoms with E-state index in [2.05, 4.69) is 42.0 Å². The minimum atomic E-state index is 0. The molecule has 3 heterocycles. The molecule has 0 aliphatic carbocycles. The topological polar surface area (TPSA) is 96.8 Å². The van der Waals surface area contributed by atoms with Gasteiger partial charge in [0.25, 0.3) is 0 Å². The molecular weight excluding hydrogens is 523 g/mol. The number of rotatable bonds is 11. The minimum Gasteiger partial charge on any atom is -0.382 e. The lowest BCUT2D eigenvalue weighted by Gasteiger charge is -2.36. The molecule has 2 aromatic heterocycles. The lowest BCUT2D eigenvalue weighted by molar-refractivity contribution is 0.146. The molecule has 0 radical (unpaired) electrons. The van der Waals surface area contributed by atoms with Crippen molar-refractivity contribution in [2.24, 2.45) is 4.99 Å². The number of aromatic nitrogens is 4. The van der Waals surface area contributed by atoms with Crippen LogP contribution in [0.3, 0.4) is 0 Å². The maximum absolute atomic E-state index is 5.45. The van der Waals surface area contributed by atoms with Crippen molar-refractivity contribution in [2.45, 2.75) is 46.7 Å². The molecule has 0 atom stereocenters. The number of nitrogens with one attached hydrogen (secondary N) is 1. The second kappa shape index (κ2) is 14.4. The lowest BCUT2D eigenvalue weighted by Crippen LogP contribution is -2.52. The van der Waals surface area contributed by atoms with Gasteiger partial charge < -0.3 is 24.0 Å². The fourth-order valence-electron chi connectivity index (χ4n) is 3.63. The zero-order valence-electron chi connectivity index (χ0n) is 19.5. The molecule has 1 N–H and O–H groups in total. The summed E-state index contributed by atoms with van der Waals surface area (Å²) in [4.78, 5) is 9.61. The zero-order chi connectivity index (χ0) is 21.9. The molecule has 2 aromatic rings. The van der Waals surface area contributed by atoms with Gasteiger partial charge in [-0.3, -0.25) is 9.89 Å². The van der Waals surface area contributed by atoms with Gasteiger partial charge in [0.15, 0.2) is 5.96 Å². The molecule has 0 spiro atoms. The summed E-state index contributed by atoms with van der Waals surface area (Å²) < 4.78 is 12.7. The Bertz CT molecular complexity index is 801. The van der Waals surface area contributed by atoms with Crippen LogP contribution in [0.2, 0.25) is 0 Å². The highest BCUT2D eigenvalue weighted by Gasteiger charge is 2.20. The summed E-state index contributed by atoms with van der Waals surface area (Å²) in [7, 11) is 0. The smallest absolute Gasteiger partial charge is 0.194 e. The van der Waals surface area contributed by atoms with Crippen molar-refractivity contribution in [1.29, 1.82) is 0 Å². The van der Waals surface area contributed by atoms with Crippen LogP contribution in [0.4, 0.5) is 0 Å². The van der Waals surface area contributed by atoms with E-state index in [1.165, 1.54) is 0 Å². The highest BCUT2D eigenvalue weighted by Crippen LogP contribution is 2.09. The van der Waals surface area contributed by atoms with Gasteiger partial charge in [0, 0.05) is 78.1 Å². The second-order valence-electron chi connectivity index (χ2n) is 7.67. The van der Waals surface area contributed by atoms with E-state index in [0.29, 0.717) is 0 Å². The van der Waals surface area contributed by atoms with Crippen LogP contribution >= 0.6 is 24.0 Å². The molecule has 1 aliphatic rings. The lowest BCUT2D eigenvalue weighted by atomic mass is 10.3. The van der Waals surface area contributed by atoms with Crippen molar-refractivity contribution in [3.05, 3.63) is 29.7 Å². The van der Waals surface area contributed by atoms with Gasteiger partial charge in [0.05, 0.1) is 5.69 Å². The molecule has 32 heavy (non-hydrogen) atoms. The zero-order valence-corrected chi connectivity index (χ0v) is 21.8.